The molecule has 3 aromatic heterocycles. The van der Waals surface area contributed by atoms with Gasteiger partial charge in [-0.3, -0.25) is 4.79 Å². The van der Waals surface area contributed by atoms with Crippen LogP contribution in [0.4, 0.5) is 19.3 Å². The molecule has 34 heavy (non-hydrogen) atoms. The number of nitrogens with one attached hydrogen (secondary N) is 1. The zero-order valence-electron chi connectivity index (χ0n) is 18.1. The maximum absolute atomic E-state index is 15.4. The lowest BCUT2D eigenvalue weighted by Gasteiger charge is -2.35. The summed E-state index contributed by atoms with van der Waals surface area (Å²) in [5.41, 5.74) is 0.0354. The van der Waals surface area contributed by atoms with E-state index < -0.39 is 23.6 Å². The third-order valence-electron chi connectivity index (χ3n) is 5.72. The van der Waals surface area contributed by atoms with Crippen LogP contribution in [-0.4, -0.2) is 56.9 Å². The number of methoxy groups -OCH3 is 1. The van der Waals surface area contributed by atoms with Crippen molar-refractivity contribution in [2.45, 2.75) is 12.8 Å². The molecule has 5 rings (SSSR count). The molecule has 4 aromatic rings. The van der Waals surface area contributed by atoms with E-state index >= 15 is 4.39 Å². The normalized spacial score (nSPS) is 13.7. The molecule has 1 aromatic carbocycles. The molecule has 1 aliphatic rings. The van der Waals surface area contributed by atoms with Gasteiger partial charge in [-0.1, -0.05) is 11.2 Å². The largest absolute Gasteiger partial charge is 0.453 e. The van der Waals surface area contributed by atoms with E-state index in [0.29, 0.717) is 18.6 Å². The Balaban J connectivity index is 1.43. The summed E-state index contributed by atoms with van der Waals surface area (Å²) < 4.78 is 41.5. The van der Waals surface area contributed by atoms with E-state index in [1.54, 1.807) is 24.4 Å². The zero-order chi connectivity index (χ0) is 24.0. The molecule has 1 aliphatic heterocycles. The van der Waals surface area contributed by atoms with Crippen LogP contribution in [0.1, 0.15) is 27.7 Å². The Morgan fingerprint density at radius 3 is 2.82 bits per heavy atom. The summed E-state index contributed by atoms with van der Waals surface area (Å²) in [7, 11) is 1.28. The van der Waals surface area contributed by atoms with Crippen molar-refractivity contribution in [2.24, 2.45) is 0 Å². The number of aromatic nitrogens is 4. The van der Waals surface area contributed by atoms with Gasteiger partial charge >= 0.3 is 6.09 Å². The first kappa shape index (κ1) is 21.5. The Kier molecular flexibility index (Phi) is 5.19. The van der Waals surface area contributed by atoms with E-state index in [9.17, 15) is 14.0 Å². The minimum Gasteiger partial charge on any atom is -0.453 e. The molecular weight excluding hydrogens is 450 g/mol. The van der Waals surface area contributed by atoms with E-state index in [1.165, 1.54) is 29.6 Å². The van der Waals surface area contributed by atoms with Crippen molar-refractivity contribution in [3.63, 3.8) is 0 Å². The Labute approximate surface area is 191 Å². The van der Waals surface area contributed by atoms with Gasteiger partial charge in [-0.05, 0) is 25.1 Å². The SMILES string of the molecule is COC(=O)N1CC(c2nc(-c3cc(F)c(C)c(NC(=O)c4cnn5ccccc45)c3F)no2)C1. The quantitative estimate of drug-likeness (QED) is 0.488. The second-order valence-corrected chi connectivity index (χ2v) is 7.79. The highest BCUT2D eigenvalue weighted by molar-refractivity contribution is 6.09. The molecule has 0 radical (unpaired) electrons. The Morgan fingerprint density at radius 1 is 1.26 bits per heavy atom. The van der Waals surface area contributed by atoms with Gasteiger partial charge in [-0.2, -0.15) is 10.1 Å². The van der Waals surface area contributed by atoms with Crippen molar-refractivity contribution in [1.82, 2.24) is 24.7 Å². The van der Waals surface area contributed by atoms with Crippen molar-refractivity contribution in [3.8, 4) is 11.4 Å². The first-order chi connectivity index (χ1) is 16.4. The van der Waals surface area contributed by atoms with E-state index in [-0.39, 0.29) is 40.0 Å². The van der Waals surface area contributed by atoms with E-state index in [0.717, 1.165) is 6.07 Å². The van der Waals surface area contributed by atoms with Crippen LogP contribution in [0.2, 0.25) is 0 Å². The van der Waals surface area contributed by atoms with E-state index in [2.05, 4.69) is 25.3 Å². The van der Waals surface area contributed by atoms with Crippen LogP contribution in [0, 0.1) is 18.6 Å². The Morgan fingerprint density at radius 2 is 2.06 bits per heavy atom. The first-order valence-corrected chi connectivity index (χ1v) is 10.3. The Hall–Kier alpha value is -4.35. The second kappa shape index (κ2) is 8.21. The smallest absolute Gasteiger partial charge is 0.409 e. The fraction of sp³-hybridized carbons (Fsp3) is 0.227. The fourth-order valence-corrected chi connectivity index (χ4v) is 3.74. The molecular formula is C22H18F2N6O4. The molecule has 0 bridgehead atoms. The topological polar surface area (TPSA) is 115 Å². The third kappa shape index (κ3) is 3.52. The number of benzene rings is 1. The van der Waals surface area contributed by atoms with Gasteiger partial charge in [0, 0.05) is 24.8 Å². The second-order valence-electron chi connectivity index (χ2n) is 7.79. The highest BCUT2D eigenvalue weighted by Gasteiger charge is 2.36. The first-order valence-electron chi connectivity index (χ1n) is 10.3. The van der Waals surface area contributed by atoms with Crippen LogP contribution in [0.3, 0.4) is 0 Å². The van der Waals surface area contributed by atoms with Crippen molar-refractivity contribution >= 4 is 23.2 Å². The molecule has 1 saturated heterocycles. The average molecular weight is 468 g/mol. The minimum atomic E-state index is -0.902. The van der Waals surface area contributed by atoms with Crippen molar-refractivity contribution in [1.29, 1.82) is 0 Å². The highest BCUT2D eigenvalue weighted by atomic mass is 19.1. The summed E-state index contributed by atoms with van der Waals surface area (Å²) in [6, 6.07) is 6.12. The molecule has 0 aliphatic carbocycles. The van der Waals surface area contributed by atoms with E-state index in [1.807, 2.05) is 0 Å². The number of carbonyl (C=O) groups is 2. The number of pyridine rings is 1. The number of rotatable bonds is 4. The maximum atomic E-state index is 15.4. The van der Waals surface area contributed by atoms with Crippen LogP contribution < -0.4 is 5.32 Å². The van der Waals surface area contributed by atoms with Crippen LogP contribution in [-0.2, 0) is 4.74 Å². The standard InChI is InChI=1S/C22H18F2N6O4/c1-11-15(23)7-13(19-27-21(34-28-19)12-9-29(10-12)22(32)33-2)17(24)18(11)26-20(31)14-8-25-30-6-4-3-5-16(14)30/h3-8,12H,9-10H2,1-2H3,(H,26,31). The van der Waals surface area contributed by atoms with Gasteiger partial charge in [0.1, 0.15) is 5.82 Å². The number of hydrogen-bond acceptors (Lipinski definition) is 7. The van der Waals surface area contributed by atoms with E-state index in [4.69, 9.17) is 4.52 Å². The highest BCUT2D eigenvalue weighted by Crippen LogP contribution is 2.33. The molecule has 1 N–H and O–H groups in total. The average Bonchev–Trinajstić information content (AvgIpc) is 3.45. The fourth-order valence-electron chi connectivity index (χ4n) is 3.74. The summed E-state index contributed by atoms with van der Waals surface area (Å²) >= 11 is 0. The van der Waals surface area contributed by atoms with Crippen molar-refractivity contribution in [3.05, 3.63) is 65.3 Å². The summed E-state index contributed by atoms with van der Waals surface area (Å²) in [4.78, 5) is 30.0. The lowest BCUT2D eigenvalue weighted by molar-refractivity contribution is 0.0804. The number of likely N-dealkylation sites (tertiary alicyclic amines) is 1. The Bertz CT molecular complexity index is 1430. The molecule has 174 valence electrons. The number of anilines is 1. The number of halogens is 2. The molecule has 4 heterocycles. The van der Waals surface area contributed by atoms with Gasteiger partial charge < -0.3 is 19.5 Å². The lowest BCUT2D eigenvalue weighted by atomic mass is 10.0. The summed E-state index contributed by atoms with van der Waals surface area (Å²) in [6.45, 7) is 1.96. The van der Waals surface area contributed by atoms with Gasteiger partial charge in [-0.15, -0.1) is 0 Å². The molecule has 0 saturated carbocycles. The van der Waals surface area contributed by atoms with Crippen LogP contribution in [0.5, 0.6) is 0 Å². The van der Waals surface area contributed by atoms with Crippen molar-refractivity contribution < 1.29 is 27.6 Å². The zero-order valence-corrected chi connectivity index (χ0v) is 18.1. The van der Waals surface area contributed by atoms with Gasteiger partial charge in [0.15, 0.2) is 5.82 Å². The number of ether oxygens (including phenoxy) is 1. The summed E-state index contributed by atoms with van der Waals surface area (Å²) in [6.07, 6.45) is 2.53. The predicted octanol–water partition coefficient (Wildman–Crippen LogP) is 3.39. The minimum absolute atomic E-state index is 0.0810. The number of nitrogens with zero attached hydrogens (tertiary/aromatic N) is 5. The lowest BCUT2D eigenvalue weighted by Crippen LogP contribution is -2.48. The summed E-state index contributed by atoms with van der Waals surface area (Å²) in [5.74, 6) is -2.53. The third-order valence-corrected chi connectivity index (χ3v) is 5.72. The van der Waals surface area contributed by atoms with Crippen molar-refractivity contribution in [2.75, 3.05) is 25.5 Å². The molecule has 10 nitrogen and oxygen atoms in total. The molecule has 1 fully saturated rings. The molecule has 0 unspecified atom stereocenters. The number of fused-ring (bicyclic) bond motifs is 1. The molecule has 0 spiro atoms. The van der Waals surface area contributed by atoms with Gasteiger partial charge in [0.25, 0.3) is 5.91 Å². The predicted molar refractivity (Wildman–Crippen MR) is 114 cm³/mol. The molecule has 12 heteroatoms. The number of hydrogen-bond donors (Lipinski definition) is 1. The van der Waals surface area contributed by atoms with Crippen LogP contribution in [0.15, 0.2) is 41.2 Å². The van der Waals surface area contributed by atoms with Crippen LogP contribution in [0.25, 0.3) is 16.9 Å². The number of amides is 2. The summed E-state index contributed by atoms with van der Waals surface area (Å²) in [5, 5.41) is 10.3. The number of carbonyl (C=O) groups excluding carboxylic acids is 2. The van der Waals surface area contributed by atoms with Gasteiger partial charge in [0.05, 0.1) is 41.6 Å². The van der Waals surface area contributed by atoms with Gasteiger partial charge in [0.2, 0.25) is 11.7 Å². The molecule has 0 atom stereocenters. The molecule has 2 amide bonds. The maximum Gasteiger partial charge on any atom is 0.409 e. The van der Waals surface area contributed by atoms with Gasteiger partial charge in [-0.25, -0.2) is 18.1 Å². The van der Waals surface area contributed by atoms with Crippen LogP contribution >= 0.6 is 0 Å². The monoisotopic (exact) mass is 468 g/mol.